The van der Waals surface area contributed by atoms with E-state index in [1.807, 2.05) is 12.1 Å². The number of nitrogens with zero attached hydrogens (tertiary/aromatic N) is 2. The Balaban J connectivity index is 1.84. The fraction of sp³-hybridized carbons (Fsp3) is 0. The average Bonchev–Trinajstić information content (AvgIpc) is 2.63. The van der Waals surface area contributed by atoms with E-state index in [1.165, 1.54) is 6.21 Å². The Hall–Kier alpha value is -3.52. The molecule has 3 N–H and O–H groups in total. The van der Waals surface area contributed by atoms with Gasteiger partial charge in [-0.15, -0.1) is 0 Å². The lowest BCUT2D eigenvalue weighted by Crippen LogP contribution is -2.24. The molecule has 130 valence electrons. The molecule has 0 amide bonds. The Bertz CT molecular complexity index is 977. The summed E-state index contributed by atoms with van der Waals surface area (Å²) in [6.45, 7) is 0. The number of nitrogens with one attached hydrogen (secondary N) is 1. The summed E-state index contributed by atoms with van der Waals surface area (Å²) in [5.74, 6) is 0.749. The summed E-state index contributed by atoms with van der Waals surface area (Å²) in [6, 6.07) is 15.7. The minimum Gasteiger partial charge on any atom is -0.395 e. The predicted molar refractivity (Wildman–Crippen MR) is 102 cm³/mol. The van der Waals surface area contributed by atoms with Gasteiger partial charge in [0.2, 0.25) is 0 Å². The summed E-state index contributed by atoms with van der Waals surface area (Å²) in [5.41, 5.74) is 8.36. The standard InChI is InChI=1S/C18H14N4O3S/c19-17(26)22-21-11-15-13-7-4-8-16(14(13)9-10-20-15)25-18(23)24-12-5-2-1-3-6-12/h1-11H,(H3,19,22,26). The van der Waals surface area contributed by atoms with Gasteiger partial charge in [0, 0.05) is 17.0 Å². The summed E-state index contributed by atoms with van der Waals surface area (Å²) in [4.78, 5) is 16.3. The number of benzene rings is 2. The molecule has 0 atom stereocenters. The molecule has 0 fully saturated rings. The lowest BCUT2D eigenvalue weighted by molar-refractivity contribution is 0.152. The molecule has 0 spiro atoms. The van der Waals surface area contributed by atoms with Crippen LogP contribution in [0.25, 0.3) is 10.8 Å². The van der Waals surface area contributed by atoms with E-state index in [4.69, 9.17) is 15.2 Å². The van der Waals surface area contributed by atoms with Crippen LogP contribution >= 0.6 is 12.2 Å². The van der Waals surface area contributed by atoms with E-state index >= 15 is 0 Å². The normalized spacial score (nSPS) is 10.6. The van der Waals surface area contributed by atoms with Crippen LogP contribution in [0, 0.1) is 0 Å². The lowest BCUT2D eigenvalue weighted by Gasteiger charge is -2.09. The molecule has 0 unspecified atom stereocenters. The number of hydrazone groups is 1. The summed E-state index contributed by atoms with van der Waals surface area (Å²) in [6.07, 6.45) is 2.24. The van der Waals surface area contributed by atoms with Crippen LogP contribution in [0.4, 0.5) is 4.79 Å². The zero-order valence-electron chi connectivity index (χ0n) is 13.5. The van der Waals surface area contributed by atoms with Crippen LogP contribution in [0.3, 0.4) is 0 Å². The maximum atomic E-state index is 12.0. The van der Waals surface area contributed by atoms with E-state index in [1.54, 1.807) is 48.7 Å². The number of hydrogen-bond acceptors (Lipinski definition) is 6. The van der Waals surface area contributed by atoms with E-state index < -0.39 is 6.16 Å². The number of para-hydroxylation sites is 1. The third-order valence-corrected chi connectivity index (χ3v) is 3.39. The maximum absolute atomic E-state index is 12.0. The molecule has 2 aromatic carbocycles. The third-order valence-electron chi connectivity index (χ3n) is 3.30. The van der Waals surface area contributed by atoms with Gasteiger partial charge >= 0.3 is 6.16 Å². The number of carbonyl (C=O) groups excluding carboxylic acids is 1. The summed E-state index contributed by atoms with van der Waals surface area (Å²) in [5, 5.41) is 5.38. The maximum Gasteiger partial charge on any atom is 0.519 e. The zero-order chi connectivity index (χ0) is 18.4. The molecule has 0 aliphatic rings. The fourth-order valence-electron chi connectivity index (χ4n) is 2.25. The fourth-order valence-corrected chi connectivity index (χ4v) is 2.30. The van der Waals surface area contributed by atoms with Crippen molar-refractivity contribution >= 4 is 40.5 Å². The Kier molecular flexibility index (Phi) is 5.35. The third kappa shape index (κ3) is 4.31. The SMILES string of the molecule is NC(=S)NN=Cc1nccc2c(OC(=O)Oc3ccccc3)cccc12. The number of aromatic nitrogens is 1. The molecule has 1 aromatic heterocycles. The van der Waals surface area contributed by atoms with Crippen molar-refractivity contribution in [3.63, 3.8) is 0 Å². The van der Waals surface area contributed by atoms with Crippen molar-refractivity contribution in [3.8, 4) is 11.5 Å². The number of hydrogen-bond donors (Lipinski definition) is 2. The number of fused-ring (bicyclic) bond motifs is 1. The van der Waals surface area contributed by atoms with Gasteiger partial charge in [-0.05, 0) is 36.5 Å². The molecule has 8 heteroatoms. The van der Waals surface area contributed by atoms with Crippen molar-refractivity contribution in [1.82, 2.24) is 10.4 Å². The smallest absolute Gasteiger partial charge is 0.395 e. The van der Waals surface area contributed by atoms with Gasteiger partial charge in [0.15, 0.2) is 5.11 Å². The van der Waals surface area contributed by atoms with E-state index in [0.29, 0.717) is 22.6 Å². The highest BCUT2D eigenvalue weighted by Crippen LogP contribution is 2.27. The lowest BCUT2D eigenvalue weighted by atomic mass is 10.1. The van der Waals surface area contributed by atoms with Crippen LogP contribution in [0.2, 0.25) is 0 Å². The van der Waals surface area contributed by atoms with Crippen molar-refractivity contribution < 1.29 is 14.3 Å². The first-order valence-corrected chi connectivity index (χ1v) is 7.95. The first kappa shape index (κ1) is 17.3. The van der Waals surface area contributed by atoms with Crippen LogP contribution < -0.4 is 20.6 Å². The van der Waals surface area contributed by atoms with Gasteiger partial charge in [-0.25, -0.2) is 4.79 Å². The van der Waals surface area contributed by atoms with Crippen molar-refractivity contribution in [1.29, 1.82) is 0 Å². The summed E-state index contributed by atoms with van der Waals surface area (Å²) >= 11 is 4.69. The number of carbonyl (C=O) groups is 1. The Morgan fingerprint density at radius 3 is 2.65 bits per heavy atom. The van der Waals surface area contributed by atoms with E-state index in [9.17, 15) is 4.79 Å². The predicted octanol–water partition coefficient (Wildman–Crippen LogP) is 2.98. The molecule has 3 rings (SSSR count). The number of ether oxygens (including phenoxy) is 2. The highest BCUT2D eigenvalue weighted by Gasteiger charge is 2.12. The number of nitrogens with two attached hydrogens (primary N) is 1. The van der Waals surface area contributed by atoms with Crippen molar-refractivity contribution in [2.24, 2.45) is 10.8 Å². The van der Waals surface area contributed by atoms with Gasteiger partial charge < -0.3 is 15.2 Å². The van der Waals surface area contributed by atoms with E-state index in [2.05, 4.69) is 27.7 Å². The minimum absolute atomic E-state index is 0.0502. The van der Waals surface area contributed by atoms with Gasteiger partial charge in [0.25, 0.3) is 0 Å². The molecule has 0 saturated carbocycles. The second-order valence-corrected chi connectivity index (χ2v) is 5.49. The second kappa shape index (κ2) is 8.04. The van der Waals surface area contributed by atoms with Crippen molar-refractivity contribution in [2.45, 2.75) is 0 Å². The van der Waals surface area contributed by atoms with Gasteiger partial charge in [0.05, 0.1) is 11.9 Å². The van der Waals surface area contributed by atoms with Crippen molar-refractivity contribution in [2.75, 3.05) is 0 Å². The summed E-state index contributed by atoms with van der Waals surface area (Å²) < 4.78 is 10.5. The first-order valence-electron chi connectivity index (χ1n) is 7.54. The van der Waals surface area contributed by atoms with Gasteiger partial charge in [-0.2, -0.15) is 5.10 Å². The molecule has 3 aromatic rings. The van der Waals surface area contributed by atoms with E-state index in [-0.39, 0.29) is 5.11 Å². The quantitative estimate of drug-likeness (QED) is 0.241. The number of thiocarbonyl (C=S) groups is 1. The van der Waals surface area contributed by atoms with Gasteiger partial charge in [-0.1, -0.05) is 30.3 Å². The molecule has 0 bridgehead atoms. The molecule has 1 heterocycles. The highest BCUT2D eigenvalue weighted by molar-refractivity contribution is 7.80. The molecule has 0 aliphatic carbocycles. The van der Waals surface area contributed by atoms with Crippen molar-refractivity contribution in [3.05, 3.63) is 66.5 Å². The van der Waals surface area contributed by atoms with Gasteiger partial charge in [-0.3, -0.25) is 10.4 Å². The molecule has 0 radical (unpaired) electrons. The van der Waals surface area contributed by atoms with Crippen LogP contribution in [-0.4, -0.2) is 22.5 Å². The highest BCUT2D eigenvalue weighted by atomic mass is 32.1. The molecule has 7 nitrogen and oxygen atoms in total. The molecular weight excluding hydrogens is 352 g/mol. The molecule has 26 heavy (non-hydrogen) atoms. The Labute approximate surface area is 154 Å². The second-order valence-electron chi connectivity index (χ2n) is 5.05. The topological polar surface area (TPSA) is 98.8 Å². The first-order chi connectivity index (χ1) is 12.6. The molecular formula is C18H14N4O3S. The average molecular weight is 366 g/mol. The monoisotopic (exact) mass is 366 g/mol. The molecule has 0 saturated heterocycles. The van der Waals surface area contributed by atoms with Crippen LogP contribution in [0.1, 0.15) is 5.69 Å². The minimum atomic E-state index is -0.828. The van der Waals surface area contributed by atoms with Crippen LogP contribution in [-0.2, 0) is 0 Å². The Morgan fingerprint density at radius 1 is 1.08 bits per heavy atom. The zero-order valence-corrected chi connectivity index (χ0v) is 14.3. The summed E-state index contributed by atoms with van der Waals surface area (Å²) in [7, 11) is 0. The van der Waals surface area contributed by atoms with Crippen LogP contribution in [0.15, 0.2) is 65.9 Å². The number of pyridine rings is 1. The van der Waals surface area contributed by atoms with Crippen LogP contribution in [0.5, 0.6) is 11.5 Å². The van der Waals surface area contributed by atoms with Gasteiger partial charge in [0.1, 0.15) is 11.5 Å². The molecule has 0 aliphatic heterocycles. The largest absolute Gasteiger partial charge is 0.519 e. The Morgan fingerprint density at radius 2 is 1.88 bits per heavy atom. The van der Waals surface area contributed by atoms with E-state index in [0.717, 1.165) is 5.39 Å². The number of rotatable bonds is 4.